The van der Waals surface area contributed by atoms with Gasteiger partial charge in [-0.15, -0.1) is 0 Å². The van der Waals surface area contributed by atoms with Gasteiger partial charge in [0.1, 0.15) is 0 Å². The molecule has 0 heterocycles. The van der Waals surface area contributed by atoms with Crippen molar-refractivity contribution in [1.29, 1.82) is 0 Å². The summed E-state index contributed by atoms with van der Waals surface area (Å²) in [5.74, 6) is 0. The molecule has 2 N–H and O–H groups in total. The molecule has 0 amide bonds. The van der Waals surface area contributed by atoms with Crippen LogP contribution in [0.25, 0.3) is 0 Å². The first-order valence-corrected chi connectivity index (χ1v) is 8.32. The lowest BCUT2D eigenvalue weighted by Crippen LogP contribution is -2.45. The maximum Gasteiger partial charge on any atom is 0.274 e. The Morgan fingerprint density at radius 2 is 1.26 bits per heavy atom. The van der Waals surface area contributed by atoms with Gasteiger partial charge in [-0.2, -0.15) is 3.71 Å². The molecule has 7 nitrogen and oxygen atoms in total. The third-order valence-electron chi connectivity index (χ3n) is 2.29. The summed E-state index contributed by atoms with van der Waals surface area (Å²) < 4.78 is 47.9. The van der Waals surface area contributed by atoms with E-state index in [0.717, 1.165) is 13.8 Å². The summed E-state index contributed by atoms with van der Waals surface area (Å²) in [5, 5.41) is 18.6. The van der Waals surface area contributed by atoms with Crippen LogP contribution in [0, 0.1) is 0 Å². The van der Waals surface area contributed by atoms with E-state index in [4.69, 9.17) is 0 Å². The third-order valence-corrected chi connectivity index (χ3v) is 6.61. The lowest BCUT2D eigenvalue weighted by Gasteiger charge is -2.26. The number of para-hydroxylation sites is 1. The first kappa shape index (κ1) is 15.9. The highest BCUT2D eigenvalue weighted by atomic mass is 32.3. The van der Waals surface area contributed by atoms with Gasteiger partial charge >= 0.3 is 0 Å². The minimum atomic E-state index is -4.55. The van der Waals surface area contributed by atoms with Crippen molar-refractivity contribution in [1.82, 2.24) is 0 Å². The van der Waals surface area contributed by atoms with Crippen LogP contribution in [0.15, 0.2) is 30.3 Å². The molecule has 108 valence electrons. The standard InChI is InChI=1S/C10H15NO6S2/c1-8(12)18(14,15)11(19(16,17)9(2)13)10-6-4-3-5-7-10/h3-9,12-13H,1-2H3. The van der Waals surface area contributed by atoms with Crippen molar-refractivity contribution < 1.29 is 27.0 Å². The maximum absolute atomic E-state index is 12.0. The Hall–Kier alpha value is -1.16. The number of nitrogens with zero attached hydrogens (tertiary/aromatic N) is 1. The topological polar surface area (TPSA) is 112 Å². The smallest absolute Gasteiger partial charge is 0.274 e. The molecular formula is C10H15NO6S2. The number of hydrogen-bond acceptors (Lipinski definition) is 6. The Bertz CT molecular complexity index is 583. The van der Waals surface area contributed by atoms with Crippen molar-refractivity contribution in [2.24, 2.45) is 0 Å². The van der Waals surface area contributed by atoms with Crippen molar-refractivity contribution in [2.75, 3.05) is 3.71 Å². The second-order valence-corrected chi connectivity index (χ2v) is 8.21. The van der Waals surface area contributed by atoms with E-state index in [2.05, 4.69) is 0 Å². The summed E-state index contributed by atoms with van der Waals surface area (Å²) in [7, 11) is -9.11. The van der Waals surface area contributed by atoms with Crippen LogP contribution in [0.2, 0.25) is 0 Å². The van der Waals surface area contributed by atoms with Gasteiger partial charge in [0.25, 0.3) is 20.0 Å². The van der Waals surface area contributed by atoms with Crippen LogP contribution in [0.5, 0.6) is 0 Å². The molecule has 0 bridgehead atoms. The second kappa shape index (κ2) is 5.45. The number of benzene rings is 1. The number of anilines is 1. The minimum Gasteiger partial charge on any atom is -0.376 e. The van der Waals surface area contributed by atoms with Gasteiger partial charge in [0.15, 0.2) is 10.9 Å². The Labute approximate surface area is 112 Å². The Morgan fingerprint density at radius 3 is 1.58 bits per heavy atom. The van der Waals surface area contributed by atoms with Crippen molar-refractivity contribution in [2.45, 2.75) is 24.7 Å². The van der Waals surface area contributed by atoms with E-state index in [1.165, 1.54) is 24.3 Å². The van der Waals surface area contributed by atoms with E-state index in [1.54, 1.807) is 6.07 Å². The van der Waals surface area contributed by atoms with Crippen LogP contribution >= 0.6 is 0 Å². The zero-order chi connectivity index (χ0) is 14.8. The van der Waals surface area contributed by atoms with Crippen molar-refractivity contribution in [3.8, 4) is 0 Å². The predicted octanol–water partition coefficient (Wildman–Crippen LogP) is -0.171. The van der Waals surface area contributed by atoms with E-state index in [9.17, 15) is 27.0 Å². The highest BCUT2D eigenvalue weighted by Crippen LogP contribution is 2.25. The molecule has 0 aliphatic rings. The van der Waals surface area contributed by atoms with Crippen LogP contribution in [-0.2, 0) is 20.0 Å². The van der Waals surface area contributed by atoms with Crippen LogP contribution in [0.1, 0.15) is 13.8 Å². The van der Waals surface area contributed by atoms with Gasteiger partial charge in [0, 0.05) is 0 Å². The van der Waals surface area contributed by atoms with Crippen LogP contribution in [-0.4, -0.2) is 37.9 Å². The van der Waals surface area contributed by atoms with Gasteiger partial charge in [-0.1, -0.05) is 18.2 Å². The fourth-order valence-electron chi connectivity index (χ4n) is 1.27. The zero-order valence-electron chi connectivity index (χ0n) is 10.3. The molecule has 0 saturated carbocycles. The number of aliphatic hydroxyl groups excluding tert-OH is 2. The summed E-state index contributed by atoms with van der Waals surface area (Å²) in [6.07, 6.45) is 0. The van der Waals surface area contributed by atoms with Gasteiger partial charge in [-0.3, -0.25) is 0 Å². The molecule has 9 heteroatoms. The van der Waals surface area contributed by atoms with E-state index in [-0.39, 0.29) is 9.40 Å². The van der Waals surface area contributed by atoms with Gasteiger partial charge < -0.3 is 10.2 Å². The average molecular weight is 309 g/mol. The molecule has 2 atom stereocenters. The largest absolute Gasteiger partial charge is 0.376 e. The average Bonchev–Trinajstić information content (AvgIpc) is 2.29. The first-order chi connectivity index (χ1) is 8.61. The molecular weight excluding hydrogens is 294 g/mol. The van der Waals surface area contributed by atoms with E-state index < -0.39 is 30.9 Å². The monoisotopic (exact) mass is 309 g/mol. The fourth-order valence-corrected chi connectivity index (χ4v) is 4.56. The minimum absolute atomic E-state index is 0.0509. The molecule has 19 heavy (non-hydrogen) atoms. The molecule has 2 unspecified atom stereocenters. The first-order valence-electron chi connectivity index (χ1n) is 5.31. The highest BCUT2D eigenvalue weighted by molar-refractivity contribution is 8.10. The van der Waals surface area contributed by atoms with Gasteiger partial charge in [-0.25, -0.2) is 16.8 Å². The number of hydrogen-bond donors (Lipinski definition) is 2. The summed E-state index contributed by atoms with van der Waals surface area (Å²) in [4.78, 5) is 0. The van der Waals surface area contributed by atoms with Gasteiger partial charge in [-0.05, 0) is 26.0 Å². The Balaban J connectivity index is 3.55. The molecule has 0 aliphatic heterocycles. The number of aliphatic hydroxyl groups is 2. The summed E-state index contributed by atoms with van der Waals surface area (Å²) in [6.45, 7) is 1.87. The van der Waals surface area contributed by atoms with Crippen molar-refractivity contribution >= 4 is 25.7 Å². The maximum atomic E-state index is 12.0. The molecule has 1 aromatic carbocycles. The second-order valence-electron chi connectivity index (χ2n) is 3.82. The SMILES string of the molecule is CC(O)S(=O)(=O)N(c1ccccc1)S(=O)(=O)C(C)O. The number of rotatable bonds is 5. The van der Waals surface area contributed by atoms with Crippen molar-refractivity contribution in [3.63, 3.8) is 0 Å². The van der Waals surface area contributed by atoms with Crippen LogP contribution in [0.4, 0.5) is 5.69 Å². The molecule has 1 rings (SSSR count). The van der Waals surface area contributed by atoms with Crippen molar-refractivity contribution in [3.05, 3.63) is 30.3 Å². The summed E-state index contributed by atoms with van der Waals surface area (Å²) >= 11 is 0. The Kier molecular flexibility index (Phi) is 4.56. The third kappa shape index (κ3) is 3.06. The van der Waals surface area contributed by atoms with Gasteiger partial charge in [0.05, 0.1) is 5.69 Å². The predicted molar refractivity (Wildman–Crippen MR) is 70.1 cm³/mol. The normalized spacial score (nSPS) is 15.8. The van der Waals surface area contributed by atoms with Crippen LogP contribution < -0.4 is 3.71 Å². The lowest BCUT2D eigenvalue weighted by atomic mass is 10.3. The summed E-state index contributed by atoms with van der Waals surface area (Å²) in [6, 6.07) is 6.96. The fraction of sp³-hybridized carbons (Fsp3) is 0.400. The quantitative estimate of drug-likeness (QED) is 0.781. The van der Waals surface area contributed by atoms with E-state index in [1.807, 2.05) is 0 Å². The van der Waals surface area contributed by atoms with Crippen LogP contribution in [0.3, 0.4) is 0 Å². The molecule has 1 aromatic rings. The van der Waals surface area contributed by atoms with Gasteiger partial charge in [0.2, 0.25) is 0 Å². The molecule has 0 fully saturated rings. The zero-order valence-corrected chi connectivity index (χ0v) is 12.0. The molecule has 0 radical (unpaired) electrons. The van der Waals surface area contributed by atoms with E-state index >= 15 is 0 Å². The molecule has 0 spiro atoms. The highest BCUT2D eigenvalue weighted by Gasteiger charge is 2.39. The molecule has 0 aromatic heterocycles. The molecule has 0 saturated heterocycles. The molecule has 0 aliphatic carbocycles. The number of sulfonamides is 2. The summed E-state index contributed by atoms with van der Waals surface area (Å²) in [5.41, 5.74) is -4.04. The Morgan fingerprint density at radius 1 is 0.895 bits per heavy atom. The lowest BCUT2D eigenvalue weighted by molar-refractivity contribution is 0.264. The van der Waals surface area contributed by atoms with E-state index in [0.29, 0.717) is 0 Å².